The van der Waals surface area contributed by atoms with Crippen LogP contribution in [0.3, 0.4) is 0 Å². The molecular weight excluding hydrogens is 269 g/mol. The van der Waals surface area contributed by atoms with Gasteiger partial charge in [-0.2, -0.15) is 0 Å². The van der Waals surface area contributed by atoms with Crippen molar-refractivity contribution >= 4 is 5.91 Å². The number of aryl methyl sites for hydroxylation is 1. The molecule has 108 valence electrons. The van der Waals surface area contributed by atoms with E-state index in [9.17, 15) is 9.18 Å². The van der Waals surface area contributed by atoms with Crippen LogP contribution in [0, 0.1) is 5.82 Å². The molecule has 0 saturated heterocycles. The third-order valence-electron chi connectivity index (χ3n) is 3.66. The lowest BCUT2D eigenvalue weighted by atomic mass is 10.1. The standard InChI is InChI=1S/C17H16FNO2/c18-14-7-3-4-8-16(14)21-11-17(20)19-15-10-9-12-5-1-2-6-13(12)15/h1-8,15H,9-11H2,(H,19,20)/t15-/m0/s1. The molecule has 1 N–H and O–H groups in total. The molecule has 0 bridgehead atoms. The third kappa shape index (κ3) is 3.05. The molecule has 1 atom stereocenters. The van der Waals surface area contributed by atoms with Crippen molar-refractivity contribution in [3.05, 3.63) is 65.5 Å². The van der Waals surface area contributed by atoms with Gasteiger partial charge in [-0.05, 0) is 36.1 Å². The first-order chi connectivity index (χ1) is 10.2. The largest absolute Gasteiger partial charge is 0.481 e. The zero-order chi connectivity index (χ0) is 14.7. The van der Waals surface area contributed by atoms with Gasteiger partial charge in [0.15, 0.2) is 18.2 Å². The number of halogens is 1. The molecule has 0 heterocycles. The molecule has 0 saturated carbocycles. The fourth-order valence-corrected chi connectivity index (χ4v) is 2.65. The van der Waals surface area contributed by atoms with Crippen molar-refractivity contribution in [1.29, 1.82) is 0 Å². The molecule has 0 radical (unpaired) electrons. The van der Waals surface area contributed by atoms with E-state index in [0.717, 1.165) is 18.4 Å². The highest BCUT2D eigenvalue weighted by Gasteiger charge is 2.23. The Morgan fingerprint density at radius 3 is 2.81 bits per heavy atom. The van der Waals surface area contributed by atoms with Crippen molar-refractivity contribution < 1.29 is 13.9 Å². The summed E-state index contributed by atoms with van der Waals surface area (Å²) in [5.41, 5.74) is 2.44. The van der Waals surface area contributed by atoms with Gasteiger partial charge in [0.1, 0.15) is 0 Å². The van der Waals surface area contributed by atoms with E-state index in [0.29, 0.717) is 0 Å². The van der Waals surface area contributed by atoms with Crippen LogP contribution in [0.25, 0.3) is 0 Å². The molecule has 4 heteroatoms. The zero-order valence-corrected chi connectivity index (χ0v) is 11.5. The van der Waals surface area contributed by atoms with Crippen LogP contribution in [0.1, 0.15) is 23.6 Å². The van der Waals surface area contributed by atoms with Crippen molar-refractivity contribution in [3.8, 4) is 5.75 Å². The highest BCUT2D eigenvalue weighted by Crippen LogP contribution is 2.30. The first-order valence-electron chi connectivity index (χ1n) is 6.98. The van der Waals surface area contributed by atoms with Gasteiger partial charge >= 0.3 is 0 Å². The first kappa shape index (κ1) is 13.6. The Morgan fingerprint density at radius 1 is 1.19 bits per heavy atom. The van der Waals surface area contributed by atoms with E-state index in [1.165, 1.54) is 17.7 Å². The lowest BCUT2D eigenvalue weighted by Gasteiger charge is -2.14. The Morgan fingerprint density at radius 2 is 1.95 bits per heavy atom. The summed E-state index contributed by atoms with van der Waals surface area (Å²) in [5.74, 6) is -0.601. The van der Waals surface area contributed by atoms with E-state index < -0.39 is 5.82 Å². The Bertz CT molecular complexity index is 657. The average molecular weight is 285 g/mol. The lowest BCUT2D eigenvalue weighted by Crippen LogP contribution is -2.31. The summed E-state index contributed by atoms with van der Waals surface area (Å²) in [6, 6.07) is 14.2. The highest BCUT2D eigenvalue weighted by atomic mass is 19.1. The van der Waals surface area contributed by atoms with Gasteiger partial charge in [-0.1, -0.05) is 36.4 Å². The molecule has 3 rings (SSSR count). The lowest BCUT2D eigenvalue weighted by molar-refractivity contribution is -0.123. The summed E-state index contributed by atoms with van der Waals surface area (Å²) in [7, 11) is 0. The number of hydrogen-bond donors (Lipinski definition) is 1. The van der Waals surface area contributed by atoms with Crippen molar-refractivity contribution in [2.75, 3.05) is 6.61 Å². The van der Waals surface area contributed by atoms with Crippen molar-refractivity contribution in [1.82, 2.24) is 5.32 Å². The summed E-state index contributed by atoms with van der Waals surface area (Å²) in [4.78, 5) is 11.9. The Labute approximate surface area is 122 Å². The molecule has 1 aliphatic carbocycles. The maximum atomic E-state index is 13.4. The molecule has 3 nitrogen and oxygen atoms in total. The minimum absolute atomic E-state index is 0.0259. The van der Waals surface area contributed by atoms with Gasteiger partial charge in [-0.25, -0.2) is 4.39 Å². The van der Waals surface area contributed by atoms with E-state index in [1.54, 1.807) is 12.1 Å². The quantitative estimate of drug-likeness (QED) is 0.937. The van der Waals surface area contributed by atoms with Gasteiger partial charge in [-0.15, -0.1) is 0 Å². The van der Waals surface area contributed by atoms with E-state index in [4.69, 9.17) is 4.74 Å². The van der Waals surface area contributed by atoms with E-state index in [-0.39, 0.29) is 24.3 Å². The van der Waals surface area contributed by atoms with Crippen LogP contribution in [0.15, 0.2) is 48.5 Å². The molecule has 2 aromatic rings. The van der Waals surface area contributed by atoms with Crippen molar-refractivity contribution in [2.45, 2.75) is 18.9 Å². The predicted octanol–water partition coefficient (Wildman–Crippen LogP) is 3.01. The number of rotatable bonds is 4. The van der Waals surface area contributed by atoms with Gasteiger partial charge < -0.3 is 10.1 Å². The molecule has 2 aromatic carbocycles. The molecule has 1 aliphatic rings. The number of amides is 1. The fourth-order valence-electron chi connectivity index (χ4n) is 2.65. The van der Waals surface area contributed by atoms with Crippen LogP contribution in [0.5, 0.6) is 5.75 Å². The van der Waals surface area contributed by atoms with Crippen LogP contribution >= 0.6 is 0 Å². The minimum atomic E-state index is -0.462. The van der Waals surface area contributed by atoms with Gasteiger partial charge in [0.05, 0.1) is 6.04 Å². The molecule has 21 heavy (non-hydrogen) atoms. The Kier molecular flexibility index (Phi) is 3.86. The fraction of sp³-hybridized carbons (Fsp3) is 0.235. The Balaban J connectivity index is 1.57. The summed E-state index contributed by atoms with van der Waals surface area (Å²) in [6.45, 7) is -0.181. The van der Waals surface area contributed by atoms with Crippen LogP contribution in [0.2, 0.25) is 0 Å². The second-order valence-corrected chi connectivity index (χ2v) is 5.08. The normalized spacial score (nSPS) is 16.3. The molecule has 0 unspecified atom stereocenters. The van der Waals surface area contributed by atoms with Gasteiger partial charge in [-0.3, -0.25) is 4.79 Å². The zero-order valence-electron chi connectivity index (χ0n) is 11.5. The second-order valence-electron chi connectivity index (χ2n) is 5.08. The molecule has 0 spiro atoms. The highest BCUT2D eigenvalue weighted by molar-refractivity contribution is 5.78. The predicted molar refractivity (Wildman–Crippen MR) is 77.5 cm³/mol. The molecule has 0 aliphatic heterocycles. The van der Waals surface area contributed by atoms with Gasteiger partial charge in [0.25, 0.3) is 5.91 Å². The van der Waals surface area contributed by atoms with Gasteiger partial charge in [0.2, 0.25) is 0 Å². The summed E-state index contributed by atoms with van der Waals surface area (Å²) < 4.78 is 18.6. The third-order valence-corrected chi connectivity index (χ3v) is 3.66. The molecular formula is C17H16FNO2. The average Bonchev–Trinajstić information content (AvgIpc) is 2.90. The summed E-state index contributed by atoms with van der Waals surface area (Å²) >= 11 is 0. The molecule has 0 aromatic heterocycles. The number of ether oxygens (including phenoxy) is 1. The smallest absolute Gasteiger partial charge is 0.258 e. The topological polar surface area (TPSA) is 38.3 Å². The van der Waals surface area contributed by atoms with Crippen molar-refractivity contribution in [2.24, 2.45) is 0 Å². The van der Waals surface area contributed by atoms with E-state index in [2.05, 4.69) is 11.4 Å². The number of carbonyl (C=O) groups excluding carboxylic acids is 1. The van der Waals surface area contributed by atoms with Crippen LogP contribution in [0.4, 0.5) is 4.39 Å². The van der Waals surface area contributed by atoms with Gasteiger partial charge in [0, 0.05) is 0 Å². The maximum absolute atomic E-state index is 13.4. The Hall–Kier alpha value is -2.36. The molecule has 1 amide bonds. The number of fused-ring (bicyclic) bond motifs is 1. The maximum Gasteiger partial charge on any atom is 0.258 e. The SMILES string of the molecule is O=C(COc1ccccc1F)N[C@H]1CCc2ccccc21. The number of hydrogen-bond acceptors (Lipinski definition) is 2. The number of benzene rings is 2. The molecule has 0 fully saturated rings. The first-order valence-corrected chi connectivity index (χ1v) is 6.98. The van der Waals surface area contributed by atoms with Crippen LogP contribution in [-0.2, 0) is 11.2 Å². The monoisotopic (exact) mass is 285 g/mol. The second kappa shape index (κ2) is 5.95. The van der Waals surface area contributed by atoms with E-state index in [1.807, 2.05) is 18.2 Å². The van der Waals surface area contributed by atoms with Crippen molar-refractivity contribution in [3.63, 3.8) is 0 Å². The number of carbonyl (C=O) groups is 1. The number of nitrogens with one attached hydrogen (secondary N) is 1. The summed E-state index contributed by atoms with van der Waals surface area (Å²) in [6.07, 6.45) is 1.86. The van der Waals surface area contributed by atoms with Crippen LogP contribution < -0.4 is 10.1 Å². The summed E-state index contributed by atoms with van der Waals surface area (Å²) in [5, 5.41) is 2.94. The minimum Gasteiger partial charge on any atom is -0.481 e. The number of para-hydroxylation sites is 1. The van der Waals surface area contributed by atoms with E-state index >= 15 is 0 Å². The van der Waals surface area contributed by atoms with Crippen LogP contribution in [-0.4, -0.2) is 12.5 Å².